The third-order valence-corrected chi connectivity index (χ3v) is 6.15. The summed E-state index contributed by atoms with van der Waals surface area (Å²) in [6, 6.07) is 0.448. The van der Waals surface area contributed by atoms with E-state index in [9.17, 15) is 4.79 Å². The van der Waals surface area contributed by atoms with Crippen LogP contribution in [0.5, 0.6) is 0 Å². The van der Waals surface area contributed by atoms with Gasteiger partial charge in [0, 0.05) is 25.7 Å². The molecule has 138 valence electrons. The molecule has 2 heterocycles. The van der Waals surface area contributed by atoms with E-state index in [1.54, 1.807) is 0 Å². The van der Waals surface area contributed by atoms with E-state index in [4.69, 9.17) is 4.74 Å². The molecule has 1 saturated carbocycles. The van der Waals surface area contributed by atoms with Gasteiger partial charge < -0.3 is 10.1 Å². The number of carbonyl (C=O) groups excluding carboxylic acids is 1. The molecule has 3 rings (SSSR count). The molecule has 2 aliphatic heterocycles. The summed E-state index contributed by atoms with van der Waals surface area (Å²) in [5.74, 6) is 1.03. The largest absolute Gasteiger partial charge is 0.379 e. The minimum atomic E-state index is 0.0243. The number of carbonyl (C=O) groups is 1. The minimum Gasteiger partial charge on any atom is -0.379 e. The molecule has 2 saturated heterocycles. The van der Waals surface area contributed by atoms with Crippen LogP contribution in [0.3, 0.4) is 0 Å². The molecule has 0 bridgehead atoms. The number of hydrogen-bond acceptors (Lipinski definition) is 4. The molecular weight excluding hydrogens is 302 g/mol. The maximum Gasteiger partial charge on any atom is 0.237 e. The molecule has 5 heteroatoms. The van der Waals surface area contributed by atoms with Crippen molar-refractivity contribution in [1.29, 1.82) is 0 Å². The highest BCUT2D eigenvalue weighted by Gasteiger charge is 2.29. The molecular formula is C19H35N3O2. The zero-order valence-electron chi connectivity index (χ0n) is 15.3. The van der Waals surface area contributed by atoms with Crippen molar-refractivity contribution in [2.75, 3.05) is 45.9 Å². The summed E-state index contributed by atoms with van der Waals surface area (Å²) in [6.07, 6.45) is 8.65. The Kier molecular flexibility index (Phi) is 6.93. The van der Waals surface area contributed by atoms with Crippen molar-refractivity contribution in [3.8, 4) is 0 Å². The second kappa shape index (κ2) is 9.16. The molecule has 0 radical (unpaired) electrons. The van der Waals surface area contributed by atoms with Crippen molar-refractivity contribution >= 4 is 5.91 Å². The number of hydrogen-bond donors (Lipinski definition) is 1. The number of nitrogens with zero attached hydrogens (tertiary/aromatic N) is 2. The van der Waals surface area contributed by atoms with Gasteiger partial charge in [0.05, 0.1) is 19.3 Å². The molecule has 3 aliphatic rings. The molecule has 3 fully saturated rings. The lowest BCUT2D eigenvalue weighted by Crippen LogP contribution is -2.51. The molecule has 1 N–H and O–H groups in total. The SMILES string of the molecule is CC(C(=O)NC1CCCCC1)N1CCC(CN2CCOCC2)CC1. The second-order valence-electron chi connectivity index (χ2n) is 7.91. The van der Waals surface area contributed by atoms with Gasteiger partial charge in [0.2, 0.25) is 5.91 Å². The van der Waals surface area contributed by atoms with E-state index in [1.807, 2.05) is 0 Å². The van der Waals surface area contributed by atoms with Crippen molar-refractivity contribution in [3.05, 3.63) is 0 Å². The summed E-state index contributed by atoms with van der Waals surface area (Å²) >= 11 is 0. The van der Waals surface area contributed by atoms with Crippen molar-refractivity contribution in [2.24, 2.45) is 5.92 Å². The van der Waals surface area contributed by atoms with Gasteiger partial charge in [0.1, 0.15) is 0 Å². The normalized spacial score (nSPS) is 27.0. The summed E-state index contributed by atoms with van der Waals surface area (Å²) in [5.41, 5.74) is 0. The van der Waals surface area contributed by atoms with E-state index in [0.717, 1.165) is 45.3 Å². The fourth-order valence-electron chi connectivity index (χ4n) is 4.41. The summed E-state index contributed by atoms with van der Waals surface area (Å²) in [5, 5.41) is 3.29. The van der Waals surface area contributed by atoms with Gasteiger partial charge in [0.25, 0.3) is 0 Å². The summed E-state index contributed by atoms with van der Waals surface area (Å²) in [4.78, 5) is 17.5. The van der Waals surface area contributed by atoms with Gasteiger partial charge in [-0.25, -0.2) is 0 Å². The van der Waals surface area contributed by atoms with E-state index in [-0.39, 0.29) is 11.9 Å². The van der Waals surface area contributed by atoms with Crippen LogP contribution < -0.4 is 5.32 Å². The molecule has 1 aliphatic carbocycles. The van der Waals surface area contributed by atoms with Crippen LogP contribution in [-0.4, -0.2) is 73.7 Å². The molecule has 1 atom stereocenters. The molecule has 5 nitrogen and oxygen atoms in total. The summed E-state index contributed by atoms with van der Waals surface area (Å²) in [6.45, 7) is 9.36. The number of amides is 1. The first-order valence-electron chi connectivity index (χ1n) is 10.1. The van der Waals surface area contributed by atoms with Gasteiger partial charge in [-0.1, -0.05) is 19.3 Å². The standard InChI is InChI=1S/C19H35N3O2/c1-16(19(23)20-18-5-3-2-4-6-18)22-9-7-17(8-10-22)15-21-11-13-24-14-12-21/h16-18H,2-15H2,1H3,(H,20,23). The molecule has 1 amide bonds. The third kappa shape index (κ3) is 5.17. The maximum absolute atomic E-state index is 12.5. The molecule has 0 aromatic carbocycles. The van der Waals surface area contributed by atoms with E-state index in [0.29, 0.717) is 6.04 Å². The minimum absolute atomic E-state index is 0.0243. The van der Waals surface area contributed by atoms with Crippen molar-refractivity contribution in [1.82, 2.24) is 15.1 Å². The van der Waals surface area contributed by atoms with Crippen molar-refractivity contribution in [3.63, 3.8) is 0 Å². The Morgan fingerprint density at radius 2 is 1.71 bits per heavy atom. The molecule has 0 aromatic heterocycles. The first kappa shape index (κ1) is 18.2. The van der Waals surface area contributed by atoms with Crippen LogP contribution in [0.15, 0.2) is 0 Å². The average Bonchev–Trinajstić information content (AvgIpc) is 2.63. The maximum atomic E-state index is 12.5. The fraction of sp³-hybridized carbons (Fsp3) is 0.947. The van der Waals surface area contributed by atoms with Crippen LogP contribution >= 0.6 is 0 Å². The summed E-state index contributed by atoms with van der Waals surface area (Å²) < 4.78 is 5.43. The van der Waals surface area contributed by atoms with Crippen LogP contribution in [0, 0.1) is 5.92 Å². The zero-order chi connectivity index (χ0) is 16.8. The van der Waals surface area contributed by atoms with Gasteiger partial charge in [-0.2, -0.15) is 0 Å². The van der Waals surface area contributed by atoms with Crippen LogP contribution in [0.2, 0.25) is 0 Å². The Balaban J connectivity index is 1.37. The van der Waals surface area contributed by atoms with Gasteiger partial charge in [-0.3, -0.25) is 14.6 Å². The lowest BCUT2D eigenvalue weighted by Gasteiger charge is -2.38. The highest BCUT2D eigenvalue weighted by molar-refractivity contribution is 5.81. The molecule has 0 aromatic rings. The van der Waals surface area contributed by atoms with Crippen molar-refractivity contribution in [2.45, 2.75) is 64.0 Å². The highest BCUT2D eigenvalue weighted by atomic mass is 16.5. The Hall–Kier alpha value is -0.650. The van der Waals surface area contributed by atoms with Crippen LogP contribution in [0.1, 0.15) is 51.9 Å². The Morgan fingerprint density at radius 3 is 2.38 bits per heavy atom. The lowest BCUT2D eigenvalue weighted by molar-refractivity contribution is -0.127. The van der Waals surface area contributed by atoms with Crippen LogP contribution in [0.25, 0.3) is 0 Å². The van der Waals surface area contributed by atoms with Crippen LogP contribution in [0.4, 0.5) is 0 Å². The summed E-state index contributed by atoms with van der Waals surface area (Å²) in [7, 11) is 0. The van der Waals surface area contributed by atoms with Gasteiger partial charge in [0.15, 0.2) is 0 Å². The first-order chi connectivity index (χ1) is 11.7. The Bertz CT molecular complexity index is 384. The van der Waals surface area contributed by atoms with Crippen molar-refractivity contribution < 1.29 is 9.53 Å². The average molecular weight is 338 g/mol. The number of morpholine rings is 1. The number of ether oxygens (including phenoxy) is 1. The van der Waals surface area contributed by atoms with Gasteiger partial charge in [-0.05, 0) is 51.6 Å². The number of piperidine rings is 1. The quantitative estimate of drug-likeness (QED) is 0.832. The number of nitrogens with one attached hydrogen (secondary N) is 1. The van der Waals surface area contributed by atoms with E-state index in [2.05, 4.69) is 22.0 Å². The van der Waals surface area contributed by atoms with Gasteiger partial charge >= 0.3 is 0 Å². The topological polar surface area (TPSA) is 44.8 Å². The highest BCUT2D eigenvalue weighted by Crippen LogP contribution is 2.22. The van der Waals surface area contributed by atoms with E-state index < -0.39 is 0 Å². The number of rotatable bonds is 5. The predicted octanol–water partition coefficient (Wildman–Crippen LogP) is 1.87. The fourth-order valence-corrected chi connectivity index (χ4v) is 4.41. The molecule has 0 spiro atoms. The van der Waals surface area contributed by atoms with Gasteiger partial charge in [-0.15, -0.1) is 0 Å². The first-order valence-corrected chi connectivity index (χ1v) is 10.1. The Labute approximate surface area is 147 Å². The van der Waals surface area contributed by atoms with Crippen LogP contribution in [-0.2, 0) is 9.53 Å². The number of likely N-dealkylation sites (tertiary alicyclic amines) is 1. The molecule has 24 heavy (non-hydrogen) atoms. The zero-order valence-corrected chi connectivity index (χ0v) is 15.3. The predicted molar refractivity (Wildman–Crippen MR) is 96.0 cm³/mol. The Morgan fingerprint density at radius 1 is 1.04 bits per heavy atom. The second-order valence-corrected chi connectivity index (χ2v) is 7.91. The smallest absolute Gasteiger partial charge is 0.237 e. The molecule has 1 unspecified atom stereocenters. The third-order valence-electron chi connectivity index (χ3n) is 6.15. The van der Waals surface area contributed by atoms with E-state index >= 15 is 0 Å². The lowest BCUT2D eigenvalue weighted by atomic mass is 9.94. The monoisotopic (exact) mass is 337 g/mol. The van der Waals surface area contributed by atoms with E-state index in [1.165, 1.54) is 51.5 Å².